The molecule has 25 heavy (non-hydrogen) atoms. The summed E-state index contributed by atoms with van der Waals surface area (Å²) in [5, 5.41) is 0. The van der Waals surface area contributed by atoms with Crippen LogP contribution in [-0.2, 0) is 11.3 Å². The van der Waals surface area contributed by atoms with E-state index in [1.165, 1.54) is 5.56 Å². The van der Waals surface area contributed by atoms with Crippen molar-refractivity contribution in [3.63, 3.8) is 0 Å². The number of benzene rings is 2. The number of nitrogens with zero attached hydrogens (tertiary/aromatic N) is 3. The highest BCUT2D eigenvalue weighted by Gasteiger charge is 2.31. The van der Waals surface area contributed by atoms with Crippen molar-refractivity contribution in [2.45, 2.75) is 18.9 Å². The third-order valence-corrected chi connectivity index (χ3v) is 4.89. The minimum atomic E-state index is 0.142. The van der Waals surface area contributed by atoms with Crippen LogP contribution in [0.1, 0.15) is 23.7 Å². The average Bonchev–Trinajstić information content (AvgIpc) is 3.16. The van der Waals surface area contributed by atoms with E-state index in [1.807, 2.05) is 37.4 Å². The molecule has 1 aromatic heterocycles. The molecule has 5 nitrogen and oxygen atoms in total. The van der Waals surface area contributed by atoms with Crippen molar-refractivity contribution in [1.29, 1.82) is 0 Å². The molecule has 4 rings (SSSR count). The smallest absolute Gasteiger partial charge is 0.223 e. The first-order valence-electron chi connectivity index (χ1n) is 8.48. The highest BCUT2D eigenvalue weighted by atomic mass is 16.5. The number of para-hydroxylation sites is 2. The molecule has 1 aliphatic rings. The zero-order chi connectivity index (χ0) is 17.4. The van der Waals surface area contributed by atoms with E-state index in [1.54, 1.807) is 12.0 Å². The first-order chi connectivity index (χ1) is 12.2. The maximum absolute atomic E-state index is 12.0. The van der Waals surface area contributed by atoms with Crippen molar-refractivity contribution in [3.05, 3.63) is 59.9 Å². The molecule has 1 unspecified atom stereocenters. The van der Waals surface area contributed by atoms with Crippen LogP contribution in [0.15, 0.2) is 48.5 Å². The fourth-order valence-corrected chi connectivity index (χ4v) is 3.52. The Hall–Kier alpha value is -2.82. The average molecular weight is 335 g/mol. The summed E-state index contributed by atoms with van der Waals surface area (Å²) in [6.07, 6.45) is 0.530. The van der Waals surface area contributed by atoms with Crippen LogP contribution >= 0.6 is 0 Å². The number of carbonyl (C=O) groups excluding carboxylic acids is 1. The normalized spacial score (nSPS) is 17.4. The number of amides is 1. The molecule has 0 aliphatic carbocycles. The number of carbonyl (C=O) groups is 1. The molecule has 0 radical (unpaired) electrons. The summed E-state index contributed by atoms with van der Waals surface area (Å²) in [7, 11) is 3.53. The van der Waals surface area contributed by atoms with Crippen LogP contribution in [0.4, 0.5) is 0 Å². The van der Waals surface area contributed by atoms with Crippen LogP contribution in [0.25, 0.3) is 11.0 Å². The van der Waals surface area contributed by atoms with Gasteiger partial charge in [0.2, 0.25) is 5.91 Å². The highest BCUT2D eigenvalue weighted by Crippen LogP contribution is 2.30. The Labute approximate surface area is 146 Å². The number of hydrogen-bond acceptors (Lipinski definition) is 3. The second kappa shape index (κ2) is 6.24. The van der Waals surface area contributed by atoms with Crippen LogP contribution in [0.2, 0.25) is 0 Å². The fraction of sp³-hybridized carbons (Fsp3) is 0.300. The number of likely N-dealkylation sites (N-methyl/N-ethyl adjacent to an activating group) is 1. The van der Waals surface area contributed by atoms with Gasteiger partial charge in [-0.3, -0.25) is 4.79 Å². The van der Waals surface area contributed by atoms with Gasteiger partial charge in [-0.1, -0.05) is 24.3 Å². The van der Waals surface area contributed by atoms with E-state index in [2.05, 4.69) is 22.8 Å². The molecular weight excluding hydrogens is 314 g/mol. The molecule has 3 aromatic rings. The van der Waals surface area contributed by atoms with E-state index in [0.717, 1.165) is 35.7 Å². The summed E-state index contributed by atoms with van der Waals surface area (Å²) in [5.74, 6) is 2.17. The van der Waals surface area contributed by atoms with Crippen LogP contribution in [0.3, 0.4) is 0 Å². The lowest BCUT2D eigenvalue weighted by Crippen LogP contribution is -2.19. The predicted molar refractivity (Wildman–Crippen MR) is 96.8 cm³/mol. The van der Waals surface area contributed by atoms with Crippen molar-refractivity contribution >= 4 is 16.9 Å². The van der Waals surface area contributed by atoms with Gasteiger partial charge in [0.15, 0.2) is 0 Å². The van der Waals surface area contributed by atoms with Gasteiger partial charge >= 0.3 is 0 Å². The van der Waals surface area contributed by atoms with Crippen LogP contribution in [-0.4, -0.2) is 41.1 Å². The van der Waals surface area contributed by atoms with Gasteiger partial charge in [0.25, 0.3) is 0 Å². The predicted octanol–water partition coefficient (Wildman–Crippen LogP) is 3.04. The SMILES string of the molecule is COc1ccc(Cn2c(C3CC(=O)N(C)C3)nc3ccccc32)cc1. The maximum Gasteiger partial charge on any atom is 0.223 e. The molecule has 1 aliphatic heterocycles. The molecule has 1 atom stereocenters. The molecule has 2 heterocycles. The van der Waals surface area contributed by atoms with Gasteiger partial charge in [-0.15, -0.1) is 0 Å². The molecule has 5 heteroatoms. The first-order valence-corrected chi connectivity index (χ1v) is 8.48. The molecule has 1 fully saturated rings. The lowest BCUT2D eigenvalue weighted by molar-refractivity contribution is -0.126. The second-order valence-electron chi connectivity index (χ2n) is 6.57. The van der Waals surface area contributed by atoms with E-state index in [9.17, 15) is 4.79 Å². The van der Waals surface area contributed by atoms with Crippen LogP contribution < -0.4 is 4.74 Å². The van der Waals surface area contributed by atoms with Crippen molar-refractivity contribution in [3.8, 4) is 5.75 Å². The Balaban J connectivity index is 1.75. The van der Waals surface area contributed by atoms with Crippen molar-refractivity contribution in [2.24, 2.45) is 0 Å². The Morgan fingerprint density at radius 2 is 1.92 bits per heavy atom. The van der Waals surface area contributed by atoms with E-state index >= 15 is 0 Å². The topological polar surface area (TPSA) is 47.4 Å². The zero-order valence-electron chi connectivity index (χ0n) is 14.5. The van der Waals surface area contributed by atoms with Gasteiger partial charge in [0.05, 0.1) is 18.1 Å². The number of aromatic nitrogens is 2. The Morgan fingerprint density at radius 3 is 2.60 bits per heavy atom. The van der Waals surface area contributed by atoms with Crippen LogP contribution in [0.5, 0.6) is 5.75 Å². The van der Waals surface area contributed by atoms with Gasteiger partial charge in [-0.05, 0) is 29.8 Å². The minimum absolute atomic E-state index is 0.142. The summed E-state index contributed by atoms with van der Waals surface area (Å²) in [6, 6.07) is 16.3. The summed E-state index contributed by atoms with van der Waals surface area (Å²) in [4.78, 5) is 18.6. The molecule has 2 aromatic carbocycles. The van der Waals surface area contributed by atoms with E-state index in [-0.39, 0.29) is 11.8 Å². The molecule has 1 saturated heterocycles. The molecule has 1 amide bonds. The number of fused-ring (bicyclic) bond motifs is 1. The molecule has 0 saturated carbocycles. The standard InChI is InChI=1S/C20H21N3O2/c1-22-13-15(11-19(22)24)20-21-17-5-3-4-6-18(17)23(20)12-14-7-9-16(25-2)10-8-14/h3-10,15H,11-13H2,1-2H3. The van der Waals surface area contributed by atoms with E-state index in [4.69, 9.17) is 9.72 Å². The number of ether oxygens (including phenoxy) is 1. The minimum Gasteiger partial charge on any atom is -0.497 e. The van der Waals surface area contributed by atoms with Crippen molar-refractivity contribution in [2.75, 3.05) is 20.7 Å². The number of imidazole rings is 1. The third-order valence-electron chi connectivity index (χ3n) is 4.89. The number of rotatable bonds is 4. The van der Waals surface area contributed by atoms with E-state index in [0.29, 0.717) is 6.42 Å². The number of likely N-dealkylation sites (tertiary alicyclic amines) is 1. The molecular formula is C20H21N3O2. The quantitative estimate of drug-likeness (QED) is 0.736. The van der Waals surface area contributed by atoms with Gasteiger partial charge < -0.3 is 14.2 Å². The summed E-state index contributed by atoms with van der Waals surface area (Å²) >= 11 is 0. The Morgan fingerprint density at radius 1 is 1.16 bits per heavy atom. The fourth-order valence-electron chi connectivity index (χ4n) is 3.52. The van der Waals surface area contributed by atoms with Gasteiger partial charge in [-0.2, -0.15) is 0 Å². The maximum atomic E-state index is 12.0. The summed E-state index contributed by atoms with van der Waals surface area (Å²) in [5.41, 5.74) is 3.27. The lowest BCUT2D eigenvalue weighted by Gasteiger charge is -2.14. The molecule has 128 valence electrons. The van der Waals surface area contributed by atoms with Crippen molar-refractivity contribution in [1.82, 2.24) is 14.5 Å². The van der Waals surface area contributed by atoms with Crippen LogP contribution in [0, 0.1) is 0 Å². The summed E-state index contributed by atoms with van der Waals surface area (Å²) in [6.45, 7) is 1.46. The van der Waals surface area contributed by atoms with Gasteiger partial charge in [-0.25, -0.2) is 4.98 Å². The second-order valence-corrected chi connectivity index (χ2v) is 6.57. The Bertz CT molecular complexity index is 914. The van der Waals surface area contributed by atoms with E-state index < -0.39 is 0 Å². The number of hydrogen-bond donors (Lipinski definition) is 0. The lowest BCUT2D eigenvalue weighted by atomic mass is 10.1. The number of methoxy groups -OCH3 is 1. The van der Waals surface area contributed by atoms with Gasteiger partial charge in [0.1, 0.15) is 11.6 Å². The summed E-state index contributed by atoms with van der Waals surface area (Å²) < 4.78 is 7.49. The zero-order valence-corrected chi connectivity index (χ0v) is 14.5. The monoisotopic (exact) mass is 335 g/mol. The largest absolute Gasteiger partial charge is 0.497 e. The highest BCUT2D eigenvalue weighted by molar-refractivity contribution is 5.80. The van der Waals surface area contributed by atoms with Gasteiger partial charge in [0, 0.05) is 32.5 Å². The van der Waals surface area contributed by atoms with Crippen molar-refractivity contribution < 1.29 is 9.53 Å². The molecule has 0 spiro atoms. The molecule has 0 bridgehead atoms. The Kier molecular flexibility index (Phi) is 3.92. The molecule has 0 N–H and O–H groups in total. The third kappa shape index (κ3) is 2.86. The first kappa shape index (κ1) is 15.7.